The zero-order chi connectivity index (χ0) is 11.8. The molecule has 0 aliphatic carbocycles. The van der Waals surface area contributed by atoms with Gasteiger partial charge in [0.1, 0.15) is 0 Å². The van der Waals surface area contributed by atoms with E-state index in [9.17, 15) is 0 Å². The van der Waals surface area contributed by atoms with Gasteiger partial charge >= 0.3 is 0 Å². The van der Waals surface area contributed by atoms with Crippen LogP contribution in [0.15, 0.2) is 30.3 Å². The smallest absolute Gasteiger partial charge is 0.0989 e. The summed E-state index contributed by atoms with van der Waals surface area (Å²) in [5.41, 5.74) is 1.37. The van der Waals surface area contributed by atoms with E-state index < -0.39 is 8.80 Å². The molecule has 0 unspecified atom stereocenters. The summed E-state index contributed by atoms with van der Waals surface area (Å²) in [6.45, 7) is 7.68. The third kappa shape index (κ3) is 5.44. The highest BCUT2D eigenvalue weighted by Crippen LogP contribution is 2.06. The predicted molar refractivity (Wildman–Crippen MR) is 72.4 cm³/mol. The van der Waals surface area contributed by atoms with E-state index >= 15 is 0 Å². The zero-order valence-electron chi connectivity index (χ0n) is 10.6. The lowest BCUT2D eigenvalue weighted by atomic mass is 10.2. The van der Waals surface area contributed by atoms with E-state index in [4.69, 9.17) is 4.74 Å². The van der Waals surface area contributed by atoms with Crippen LogP contribution in [-0.2, 0) is 11.3 Å². The Morgan fingerprint density at radius 1 is 1.19 bits per heavy atom. The summed E-state index contributed by atoms with van der Waals surface area (Å²) in [6.07, 6.45) is 0. The van der Waals surface area contributed by atoms with E-state index in [2.05, 4.69) is 48.3 Å². The van der Waals surface area contributed by atoms with Gasteiger partial charge in [-0.15, -0.1) is 0 Å². The van der Waals surface area contributed by atoms with Crippen LogP contribution in [0, 0.1) is 0 Å². The number of nitrogens with zero attached hydrogens (tertiary/aromatic N) is 1. The number of hydrogen-bond acceptors (Lipinski definition) is 2. The Morgan fingerprint density at radius 2 is 1.88 bits per heavy atom. The van der Waals surface area contributed by atoms with Crippen LogP contribution in [0.2, 0.25) is 19.1 Å². The maximum Gasteiger partial charge on any atom is 0.0989 e. The molecule has 1 aromatic rings. The first-order chi connectivity index (χ1) is 7.72. The van der Waals surface area contributed by atoms with Crippen molar-refractivity contribution in [1.82, 2.24) is 4.90 Å². The minimum Gasteiger partial charge on any atom is -0.369 e. The molecule has 0 saturated heterocycles. The van der Waals surface area contributed by atoms with Gasteiger partial charge < -0.3 is 4.74 Å². The van der Waals surface area contributed by atoms with Crippen LogP contribution in [0.4, 0.5) is 0 Å². The molecule has 0 bridgehead atoms. The number of methoxy groups -OCH3 is 1. The lowest BCUT2D eigenvalue weighted by Crippen LogP contribution is -2.28. The average Bonchev–Trinajstić information content (AvgIpc) is 2.27. The molecule has 1 rings (SSSR count). The molecule has 0 spiro atoms. The van der Waals surface area contributed by atoms with Crippen molar-refractivity contribution in [2.75, 3.05) is 20.4 Å². The van der Waals surface area contributed by atoms with Crippen LogP contribution in [0.3, 0.4) is 0 Å². The molecule has 16 heavy (non-hydrogen) atoms. The average molecular weight is 237 g/mol. The predicted octanol–water partition coefficient (Wildman–Crippen LogP) is 2.58. The van der Waals surface area contributed by atoms with Crippen molar-refractivity contribution >= 4 is 8.80 Å². The van der Waals surface area contributed by atoms with Crippen LogP contribution in [-0.4, -0.2) is 34.1 Å². The maximum absolute atomic E-state index is 5.25. The van der Waals surface area contributed by atoms with Crippen molar-refractivity contribution < 1.29 is 4.74 Å². The minimum atomic E-state index is -0.457. The fourth-order valence-electron chi connectivity index (χ4n) is 1.65. The van der Waals surface area contributed by atoms with E-state index in [0.29, 0.717) is 0 Å². The van der Waals surface area contributed by atoms with Crippen LogP contribution >= 0.6 is 0 Å². The highest BCUT2D eigenvalue weighted by atomic mass is 28.3. The zero-order valence-corrected chi connectivity index (χ0v) is 11.8. The summed E-state index contributed by atoms with van der Waals surface area (Å²) in [7, 11) is 1.31. The van der Waals surface area contributed by atoms with Gasteiger partial charge in [0.25, 0.3) is 0 Å². The van der Waals surface area contributed by atoms with Gasteiger partial charge in [-0.2, -0.15) is 0 Å². The van der Waals surface area contributed by atoms with Gasteiger partial charge in [-0.1, -0.05) is 43.4 Å². The summed E-state index contributed by atoms with van der Waals surface area (Å²) in [5, 5.41) is 0. The van der Waals surface area contributed by atoms with Crippen molar-refractivity contribution in [2.45, 2.75) is 25.7 Å². The van der Waals surface area contributed by atoms with Crippen LogP contribution in [0.5, 0.6) is 0 Å². The fraction of sp³-hybridized carbons (Fsp3) is 0.538. The number of hydrogen-bond donors (Lipinski definition) is 0. The van der Waals surface area contributed by atoms with Crippen molar-refractivity contribution in [1.29, 1.82) is 0 Å². The Labute approximate surface area is 101 Å². The molecule has 0 aromatic heterocycles. The lowest BCUT2D eigenvalue weighted by molar-refractivity contribution is 0.0617. The summed E-state index contributed by atoms with van der Waals surface area (Å²) in [5.74, 6) is 0. The molecule has 0 amide bonds. The first-order valence-electron chi connectivity index (χ1n) is 5.97. The second-order valence-electron chi connectivity index (χ2n) is 4.64. The lowest BCUT2D eigenvalue weighted by Gasteiger charge is -2.22. The van der Waals surface area contributed by atoms with Crippen molar-refractivity contribution in [3.63, 3.8) is 0 Å². The van der Waals surface area contributed by atoms with Crippen molar-refractivity contribution in [3.8, 4) is 0 Å². The van der Waals surface area contributed by atoms with E-state index in [-0.39, 0.29) is 0 Å². The van der Waals surface area contributed by atoms with Gasteiger partial charge in [0.2, 0.25) is 0 Å². The number of benzene rings is 1. The summed E-state index contributed by atoms with van der Waals surface area (Å²) < 4.78 is 5.25. The van der Waals surface area contributed by atoms with E-state index in [1.165, 1.54) is 11.6 Å². The van der Waals surface area contributed by atoms with Gasteiger partial charge in [0.05, 0.1) is 6.73 Å². The van der Waals surface area contributed by atoms with Gasteiger partial charge in [-0.3, -0.25) is 4.90 Å². The Bertz CT molecular complexity index is 277. The van der Waals surface area contributed by atoms with Gasteiger partial charge in [-0.05, 0) is 18.2 Å². The van der Waals surface area contributed by atoms with Gasteiger partial charge in [0, 0.05) is 22.5 Å². The standard InChI is InChI=1S/C13H23NOSi/c1-15-12-14(9-10-16(2)3)11-13-7-5-4-6-8-13/h4-8,16H,9-12H2,1-3H3. The van der Waals surface area contributed by atoms with Gasteiger partial charge in [0.15, 0.2) is 0 Å². The minimum absolute atomic E-state index is 0.457. The molecule has 0 heterocycles. The van der Waals surface area contributed by atoms with Crippen molar-refractivity contribution in [3.05, 3.63) is 35.9 Å². The molecular weight excluding hydrogens is 214 g/mol. The summed E-state index contributed by atoms with van der Waals surface area (Å²) in [4.78, 5) is 2.38. The molecule has 0 N–H and O–H groups in total. The Morgan fingerprint density at radius 3 is 2.44 bits per heavy atom. The third-order valence-electron chi connectivity index (χ3n) is 2.58. The molecular formula is C13H23NOSi. The molecule has 0 aliphatic rings. The number of rotatable bonds is 7. The summed E-state index contributed by atoms with van der Waals surface area (Å²) in [6, 6.07) is 12.0. The molecule has 0 atom stereocenters. The molecule has 0 radical (unpaired) electrons. The van der Waals surface area contributed by atoms with E-state index in [1.54, 1.807) is 7.11 Å². The normalized spacial score (nSPS) is 11.3. The SMILES string of the molecule is COCN(CC[SiH](C)C)Cc1ccccc1. The van der Waals surface area contributed by atoms with Crippen LogP contribution in [0.25, 0.3) is 0 Å². The Hall–Kier alpha value is -0.643. The first-order valence-corrected chi connectivity index (χ1v) is 9.10. The monoisotopic (exact) mass is 237 g/mol. The molecule has 1 aromatic carbocycles. The molecule has 2 nitrogen and oxygen atoms in total. The Balaban J connectivity index is 2.44. The molecule has 3 heteroatoms. The molecule has 0 fully saturated rings. The van der Waals surface area contributed by atoms with Crippen molar-refractivity contribution in [2.24, 2.45) is 0 Å². The second-order valence-corrected chi connectivity index (χ2v) is 8.00. The van der Waals surface area contributed by atoms with Gasteiger partial charge in [-0.25, -0.2) is 0 Å². The van der Waals surface area contributed by atoms with E-state index in [0.717, 1.165) is 19.8 Å². The van der Waals surface area contributed by atoms with E-state index in [1.807, 2.05) is 0 Å². The number of ether oxygens (including phenoxy) is 1. The second kappa shape index (κ2) is 7.60. The van der Waals surface area contributed by atoms with Crippen LogP contribution < -0.4 is 0 Å². The molecule has 90 valence electrons. The molecule has 0 saturated carbocycles. The Kier molecular flexibility index (Phi) is 6.38. The summed E-state index contributed by atoms with van der Waals surface area (Å²) >= 11 is 0. The fourth-order valence-corrected chi connectivity index (χ4v) is 2.54. The largest absolute Gasteiger partial charge is 0.369 e. The molecule has 0 aliphatic heterocycles. The highest BCUT2D eigenvalue weighted by Gasteiger charge is 2.06. The maximum atomic E-state index is 5.25. The topological polar surface area (TPSA) is 12.5 Å². The third-order valence-corrected chi connectivity index (χ3v) is 4.00. The first kappa shape index (κ1) is 13.4. The highest BCUT2D eigenvalue weighted by molar-refractivity contribution is 6.55. The van der Waals surface area contributed by atoms with Crippen LogP contribution in [0.1, 0.15) is 5.56 Å². The quantitative estimate of drug-likeness (QED) is 0.534.